The second kappa shape index (κ2) is 5.23. The molecule has 0 aliphatic carbocycles. The van der Waals surface area contributed by atoms with Crippen molar-refractivity contribution < 1.29 is 9.63 Å². The topological polar surface area (TPSA) is 62.4 Å². The Bertz CT molecular complexity index is 295. The summed E-state index contributed by atoms with van der Waals surface area (Å²) in [5.74, 6) is 1.29. The molecule has 84 valence electrons. The van der Waals surface area contributed by atoms with Crippen LogP contribution in [0.2, 0.25) is 0 Å². The van der Waals surface area contributed by atoms with E-state index in [4.69, 9.17) is 9.63 Å². The molecule has 1 aliphatic heterocycles. The number of nitrogens with zero attached hydrogens (tertiary/aromatic N) is 3. The van der Waals surface area contributed by atoms with Crippen molar-refractivity contribution in [2.45, 2.75) is 25.7 Å². The van der Waals surface area contributed by atoms with Crippen LogP contribution >= 0.6 is 0 Å². The van der Waals surface area contributed by atoms with Crippen molar-refractivity contribution in [2.75, 3.05) is 26.2 Å². The molecule has 0 unspecified atom stereocenters. The van der Waals surface area contributed by atoms with Gasteiger partial charge in [0.1, 0.15) is 0 Å². The Kier molecular flexibility index (Phi) is 3.69. The van der Waals surface area contributed by atoms with E-state index in [1.807, 2.05) is 0 Å². The van der Waals surface area contributed by atoms with E-state index < -0.39 is 0 Å². The fraction of sp³-hybridized carbons (Fsp3) is 0.800. The molecule has 0 aromatic carbocycles. The highest BCUT2D eigenvalue weighted by Crippen LogP contribution is 2.08. The van der Waals surface area contributed by atoms with E-state index >= 15 is 0 Å². The van der Waals surface area contributed by atoms with Gasteiger partial charge < -0.3 is 14.5 Å². The SMILES string of the molecule is OCCc1nc(CCN2CCCC2)no1. The Balaban J connectivity index is 1.77. The van der Waals surface area contributed by atoms with E-state index in [2.05, 4.69) is 15.0 Å². The summed E-state index contributed by atoms with van der Waals surface area (Å²) in [6.07, 6.45) is 3.91. The quantitative estimate of drug-likeness (QED) is 0.756. The Labute approximate surface area is 89.1 Å². The summed E-state index contributed by atoms with van der Waals surface area (Å²) < 4.78 is 4.98. The van der Waals surface area contributed by atoms with Crippen molar-refractivity contribution in [1.82, 2.24) is 15.0 Å². The van der Waals surface area contributed by atoms with Crippen LogP contribution in [0.15, 0.2) is 4.52 Å². The third kappa shape index (κ3) is 3.00. The van der Waals surface area contributed by atoms with Crippen LogP contribution in [0.5, 0.6) is 0 Å². The molecule has 0 atom stereocenters. The van der Waals surface area contributed by atoms with Crippen molar-refractivity contribution >= 4 is 0 Å². The van der Waals surface area contributed by atoms with Gasteiger partial charge in [0.25, 0.3) is 0 Å². The first kappa shape index (κ1) is 10.6. The molecule has 2 heterocycles. The van der Waals surface area contributed by atoms with E-state index in [0.717, 1.165) is 18.8 Å². The number of hydrogen-bond donors (Lipinski definition) is 1. The number of likely N-dealkylation sites (tertiary alicyclic amines) is 1. The second-order valence-electron chi connectivity index (χ2n) is 3.88. The van der Waals surface area contributed by atoms with Gasteiger partial charge >= 0.3 is 0 Å². The van der Waals surface area contributed by atoms with Crippen molar-refractivity contribution in [2.24, 2.45) is 0 Å². The lowest BCUT2D eigenvalue weighted by Crippen LogP contribution is -2.22. The highest BCUT2D eigenvalue weighted by atomic mass is 16.5. The summed E-state index contributed by atoms with van der Waals surface area (Å²) in [5.41, 5.74) is 0. The maximum Gasteiger partial charge on any atom is 0.228 e. The Hall–Kier alpha value is -0.940. The van der Waals surface area contributed by atoms with Crippen LogP contribution in [0.25, 0.3) is 0 Å². The van der Waals surface area contributed by atoms with Crippen molar-refractivity contribution in [1.29, 1.82) is 0 Å². The van der Waals surface area contributed by atoms with E-state index in [1.54, 1.807) is 0 Å². The third-order valence-electron chi connectivity index (χ3n) is 2.69. The maximum absolute atomic E-state index is 8.70. The Morgan fingerprint density at radius 3 is 2.80 bits per heavy atom. The van der Waals surface area contributed by atoms with Crippen LogP contribution in [-0.4, -0.2) is 46.4 Å². The standard InChI is InChI=1S/C10H17N3O2/c14-8-4-10-11-9(12-15-10)3-7-13-5-1-2-6-13/h14H,1-8H2. The normalized spacial score (nSPS) is 17.4. The van der Waals surface area contributed by atoms with Gasteiger partial charge in [-0.1, -0.05) is 5.16 Å². The molecule has 0 saturated carbocycles. The molecule has 0 bridgehead atoms. The average molecular weight is 211 g/mol. The van der Waals surface area contributed by atoms with E-state index in [0.29, 0.717) is 12.3 Å². The molecule has 5 nitrogen and oxygen atoms in total. The lowest BCUT2D eigenvalue weighted by atomic mass is 10.4. The van der Waals surface area contributed by atoms with Gasteiger partial charge in [-0.2, -0.15) is 4.98 Å². The van der Waals surface area contributed by atoms with Crippen LogP contribution in [0.3, 0.4) is 0 Å². The summed E-state index contributed by atoms with van der Waals surface area (Å²) in [6.45, 7) is 3.47. The van der Waals surface area contributed by atoms with Crippen LogP contribution < -0.4 is 0 Å². The second-order valence-corrected chi connectivity index (χ2v) is 3.88. The van der Waals surface area contributed by atoms with Crippen LogP contribution in [0, 0.1) is 0 Å². The Morgan fingerprint density at radius 1 is 1.27 bits per heavy atom. The number of aliphatic hydroxyl groups excluding tert-OH is 1. The first-order valence-electron chi connectivity index (χ1n) is 5.53. The lowest BCUT2D eigenvalue weighted by molar-refractivity contribution is 0.273. The zero-order valence-electron chi connectivity index (χ0n) is 8.85. The van der Waals surface area contributed by atoms with Gasteiger partial charge in [0.15, 0.2) is 5.82 Å². The molecular formula is C10H17N3O2. The lowest BCUT2D eigenvalue weighted by Gasteiger charge is -2.11. The molecule has 1 aromatic rings. The first-order valence-corrected chi connectivity index (χ1v) is 5.53. The van der Waals surface area contributed by atoms with Gasteiger partial charge in [-0.3, -0.25) is 0 Å². The van der Waals surface area contributed by atoms with Gasteiger partial charge in [0, 0.05) is 13.0 Å². The number of aliphatic hydroxyl groups is 1. The van der Waals surface area contributed by atoms with E-state index in [-0.39, 0.29) is 6.61 Å². The number of aromatic nitrogens is 2. The minimum absolute atomic E-state index is 0.0633. The van der Waals surface area contributed by atoms with E-state index in [1.165, 1.54) is 25.9 Å². The fourth-order valence-corrected chi connectivity index (χ4v) is 1.85. The molecule has 0 spiro atoms. The Morgan fingerprint density at radius 2 is 2.07 bits per heavy atom. The highest BCUT2D eigenvalue weighted by molar-refractivity contribution is 4.87. The molecule has 1 aliphatic rings. The van der Waals surface area contributed by atoms with Crippen LogP contribution in [-0.2, 0) is 12.8 Å². The summed E-state index contributed by atoms with van der Waals surface area (Å²) in [6, 6.07) is 0. The molecule has 0 radical (unpaired) electrons. The summed E-state index contributed by atoms with van der Waals surface area (Å²) in [5, 5.41) is 12.6. The molecular weight excluding hydrogens is 194 g/mol. The van der Waals surface area contributed by atoms with E-state index in [9.17, 15) is 0 Å². The summed E-state index contributed by atoms with van der Waals surface area (Å²) in [7, 11) is 0. The largest absolute Gasteiger partial charge is 0.396 e. The molecule has 0 amide bonds. The number of rotatable bonds is 5. The van der Waals surface area contributed by atoms with Gasteiger partial charge in [0.2, 0.25) is 5.89 Å². The zero-order chi connectivity index (χ0) is 10.5. The minimum atomic E-state index is 0.0633. The molecule has 1 aromatic heterocycles. The van der Waals surface area contributed by atoms with Gasteiger partial charge in [-0.05, 0) is 25.9 Å². The predicted molar refractivity (Wildman–Crippen MR) is 54.5 cm³/mol. The molecule has 1 fully saturated rings. The average Bonchev–Trinajstić information content (AvgIpc) is 2.85. The predicted octanol–water partition coefficient (Wildman–Crippen LogP) is 0.243. The van der Waals surface area contributed by atoms with Crippen molar-refractivity contribution in [3.8, 4) is 0 Å². The fourth-order valence-electron chi connectivity index (χ4n) is 1.85. The molecule has 2 rings (SSSR count). The number of hydrogen-bond acceptors (Lipinski definition) is 5. The zero-order valence-corrected chi connectivity index (χ0v) is 8.85. The minimum Gasteiger partial charge on any atom is -0.396 e. The van der Waals surface area contributed by atoms with Crippen molar-refractivity contribution in [3.05, 3.63) is 11.7 Å². The van der Waals surface area contributed by atoms with Crippen LogP contribution in [0.4, 0.5) is 0 Å². The monoisotopic (exact) mass is 211 g/mol. The molecule has 15 heavy (non-hydrogen) atoms. The first-order chi connectivity index (χ1) is 7.38. The van der Waals surface area contributed by atoms with Gasteiger partial charge in [-0.15, -0.1) is 0 Å². The third-order valence-corrected chi connectivity index (χ3v) is 2.69. The summed E-state index contributed by atoms with van der Waals surface area (Å²) >= 11 is 0. The van der Waals surface area contributed by atoms with Gasteiger partial charge in [-0.25, -0.2) is 0 Å². The van der Waals surface area contributed by atoms with Gasteiger partial charge in [0.05, 0.1) is 13.0 Å². The van der Waals surface area contributed by atoms with Crippen molar-refractivity contribution in [3.63, 3.8) is 0 Å². The smallest absolute Gasteiger partial charge is 0.228 e. The highest BCUT2D eigenvalue weighted by Gasteiger charge is 2.12. The molecule has 1 saturated heterocycles. The van der Waals surface area contributed by atoms with Crippen LogP contribution in [0.1, 0.15) is 24.6 Å². The molecule has 1 N–H and O–H groups in total. The maximum atomic E-state index is 8.70. The molecule has 5 heteroatoms. The summed E-state index contributed by atoms with van der Waals surface area (Å²) in [4.78, 5) is 6.62.